The van der Waals surface area contributed by atoms with E-state index in [4.69, 9.17) is 0 Å². The van der Waals surface area contributed by atoms with E-state index in [0.717, 1.165) is 15.9 Å². The van der Waals surface area contributed by atoms with Crippen molar-refractivity contribution >= 4 is 33.3 Å². The van der Waals surface area contributed by atoms with Crippen molar-refractivity contribution in [3.8, 4) is 0 Å². The molecule has 7 heteroatoms. The number of aromatic nitrogens is 5. The Hall–Kier alpha value is -1.89. The molecule has 0 bridgehead atoms. The average Bonchev–Trinajstić information content (AvgIpc) is 2.86. The summed E-state index contributed by atoms with van der Waals surface area (Å²) in [6.07, 6.45) is 3.70. The van der Waals surface area contributed by atoms with Gasteiger partial charge in [0.25, 0.3) is 0 Å². The Morgan fingerprint density at radius 3 is 2.82 bits per heavy atom. The maximum absolute atomic E-state index is 4.36. The van der Waals surface area contributed by atoms with Crippen LogP contribution in [-0.2, 0) is 7.05 Å². The molecule has 0 aliphatic carbocycles. The molecule has 6 nitrogen and oxygen atoms in total. The number of aryl methyl sites for hydroxylation is 1. The highest BCUT2D eigenvalue weighted by Crippen LogP contribution is 2.18. The van der Waals surface area contributed by atoms with E-state index >= 15 is 0 Å². The molecule has 3 heterocycles. The third kappa shape index (κ3) is 1.89. The Bertz CT molecular complexity index is 670. The lowest BCUT2D eigenvalue weighted by Gasteiger charge is -1.93. The van der Waals surface area contributed by atoms with Crippen molar-refractivity contribution in [2.24, 2.45) is 7.05 Å². The number of nitrogens with one attached hydrogen (secondary N) is 1. The molecule has 0 atom stereocenters. The summed E-state index contributed by atoms with van der Waals surface area (Å²) in [4.78, 5) is 4.36. The molecular formula is C10H9BrN6. The number of nitrogens with zero attached hydrogens (tertiary/aromatic N) is 5. The van der Waals surface area contributed by atoms with Crippen molar-refractivity contribution in [2.45, 2.75) is 0 Å². The predicted molar refractivity (Wildman–Crippen MR) is 67.2 cm³/mol. The van der Waals surface area contributed by atoms with Gasteiger partial charge >= 0.3 is 0 Å². The number of hydrogen-bond donors (Lipinski definition) is 1. The number of anilines is 2. The molecule has 3 aromatic rings. The molecule has 17 heavy (non-hydrogen) atoms. The van der Waals surface area contributed by atoms with Crippen molar-refractivity contribution in [3.63, 3.8) is 0 Å². The van der Waals surface area contributed by atoms with Gasteiger partial charge < -0.3 is 5.32 Å². The first-order valence-electron chi connectivity index (χ1n) is 5.00. The fourth-order valence-electron chi connectivity index (χ4n) is 1.52. The molecule has 3 aromatic heterocycles. The number of pyridine rings is 1. The van der Waals surface area contributed by atoms with Gasteiger partial charge in [0.1, 0.15) is 0 Å². The van der Waals surface area contributed by atoms with Gasteiger partial charge in [-0.05, 0) is 28.1 Å². The van der Waals surface area contributed by atoms with Crippen LogP contribution >= 0.6 is 15.9 Å². The van der Waals surface area contributed by atoms with Crippen molar-refractivity contribution < 1.29 is 0 Å². The van der Waals surface area contributed by atoms with Crippen LogP contribution in [0.2, 0.25) is 0 Å². The normalized spacial score (nSPS) is 10.9. The van der Waals surface area contributed by atoms with E-state index in [0.29, 0.717) is 5.95 Å². The molecule has 86 valence electrons. The molecule has 3 rings (SSSR count). The molecule has 0 spiro atoms. The summed E-state index contributed by atoms with van der Waals surface area (Å²) >= 11 is 3.43. The van der Waals surface area contributed by atoms with Crippen LogP contribution in [-0.4, -0.2) is 24.4 Å². The van der Waals surface area contributed by atoms with Crippen LogP contribution in [0.15, 0.2) is 35.1 Å². The van der Waals surface area contributed by atoms with Crippen LogP contribution < -0.4 is 5.32 Å². The molecule has 0 saturated carbocycles. The van der Waals surface area contributed by atoms with Crippen LogP contribution in [0, 0.1) is 0 Å². The van der Waals surface area contributed by atoms with Crippen LogP contribution in [0.1, 0.15) is 0 Å². The summed E-state index contributed by atoms with van der Waals surface area (Å²) in [7, 11) is 1.86. The Morgan fingerprint density at radius 1 is 1.24 bits per heavy atom. The standard InChI is InChI=1S/C10H9BrN6/c1-16-6-4-8(14-16)12-10-13-9-7(11)3-2-5-17(9)15-10/h2-6H,1H3,(H,12,14,15). The number of fused-ring (bicyclic) bond motifs is 1. The topological polar surface area (TPSA) is 60.0 Å². The van der Waals surface area contributed by atoms with E-state index in [2.05, 4.69) is 36.4 Å². The van der Waals surface area contributed by atoms with Gasteiger partial charge in [0.05, 0.1) is 4.47 Å². The van der Waals surface area contributed by atoms with Gasteiger partial charge in [0.2, 0.25) is 5.95 Å². The second-order valence-corrected chi connectivity index (χ2v) is 4.41. The second-order valence-electron chi connectivity index (χ2n) is 3.56. The Labute approximate surface area is 105 Å². The molecule has 0 radical (unpaired) electrons. The highest BCUT2D eigenvalue weighted by Gasteiger charge is 2.07. The fourth-order valence-corrected chi connectivity index (χ4v) is 1.95. The van der Waals surface area contributed by atoms with E-state index in [-0.39, 0.29) is 0 Å². The smallest absolute Gasteiger partial charge is 0.248 e. The lowest BCUT2D eigenvalue weighted by atomic mass is 10.5. The van der Waals surface area contributed by atoms with Crippen LogP contribution in [0.3, 0.4) is 0 Å². The Balaban J connectivity index is 1.98. The van der Waals surface area contributed by atoms with Gasteiger partial charge in [-0.1, -0.05) is 0 Å². The highest BCUT2D eigenvalue weighted by molar-refractivity contribution is 9.10. The van der Waals surface area contributed by atoms with Crippen molar-refractivity contribution in [2.75, 3.05) is 5.32 Å². The zero-order chi connectivity index (χ0) is 11.8. The minimum absolute atomic E-state index is 0.524. The lowest BCUT2D eigenvalue weighted by molar-refractivity contribution is 0.770. The third-order valence-electron chi connectivity index (χ3n) is 2.27. The van der Waals surface area contributed by atoms with Crippen molar-refractivity contribution in [1.29, 1.82) is 0 Å². The van der Waals surface area contributed by atoms with Gasteiger partial charge in [0.15, 0.2) is 11.5 Å². The zero-order valence-electron chi connectivity index (χ0n) is 9.00. The monoisotopic (exact) mass is 292 g/mol. The number of halogens is 1. The average molecular weight is 293 g/mol. The van der Waals surface area contributed by atoms with Gasteiger partial charge in [-0.25, -0.2) is 4.52 Å². The van der Waals surface area contributed by atoms with E-state index in [9.17, 15) is 0 Å². The molecule has 0 amide bonds. The van der Waals surface area contributed by atoms with Gasteiger partial charge in [0, 0.05) is 25.5 Å². The quantitative estimate of drug-likeness (QED) is 0.784. The van der Waals surface area contributed by atoms with E-state index < -0.39 is 0 Å². The van der Waals surface area contributed by atoms with Crippen LogP contribution in [0.25, 0.3) is 5.65 Å². The Kier molecular flexibility index (Phi) is 2.32. The molecule has 0 fully saturated rings. The van der Waals surface area contributed by atoms with Crippen molar-refractivity contribution in [3.05, 3.63) is 35.1 Å². The maximum Gasteiger partial charge on any atom is 0.248 e. The summed E-state index contributed by atoms with van der Waals surface area (Å²) in [5.74, 6) is 1.25. The van der Waals surface area contributed by atoms with E-state index in [1.54, 1.807) is 9.20 Å². The largest absolute Gasteiger partial charge is 0.306 e. The molecule has 0 saturated heterocycles. The van der Waals surface area contributed by atoms with Gasteiger partial charge in [-0.3, -0.25) is 4.68 Å². The maximum atomic E-state index is 4.36. The number of rotatable bonds is 2. The predicted octanol–water partition coefficient (Wildman–Crippen LogP) is 1.97. The van der Waals surface area contributed by atoms with E-state index in [1.807, 2.05) is 37.6 Å². The summed E-state index contributed by atoms with van der Waals surface area (Å²) in [5.41, 5.74) is 0.769. The van der Waals surface area contributed by atoms with Gasteiger partial charge in [-0.2, -0.15) is 10.1 Å². The van der Waals surface area contributed by atoms with Crippen LogP contribution in [0.4, 0.5) is 11.8 Å². The first kappa shape index (κ1) is 10.3. The molecule has 0 unspecified atom stereocenters. The van der Waals surface area contributed by atoms with Gasteiger partial charge in [-0.15, -0.1) is 5.10 Å². The first-order valence-corrected chi connectivity index (χ1v) is 5.79. The summed E-state index contributed by atoms with van der Waals surface area (Å²) in [6, 6.07) is 5.69. The Morgan fingerprint density at radius 2 is 2.12 bits per heavy atom. The number of hydrogen-bond acceptors (Lipinski definition) is 4. The van der Waals surface area contributed by atoms with Crippen LogP contribution in [0.5, 0.6) is 0 Å². The molecule has 0 aromatic carbocycles. The fraction of sp³-hybridized carbons (Fsp3) is 0.100. The molecule has 0 aliphatic heterocycles. The molecular weight excluding hydrogens is 284 g/mol. The lowest BCUT2D eigenvalue weighted by Crippen LogP contribution is -1.95. The summed E-state index contributed by atoms with van der Waals surface area (Å²) in [6.45, 7) is 0. The molecule has 1 N–H and O–H groups in total. The summed E-state index contributed by atoms with van der Waals surface area (Å²) < 4.78 is 4.32. The van der Waals surface area contributed by atoms with E-state index in [1.165, 1.54) is 0 Å². The minimum atomic E-state index is 0.524. The second kappa shape index (κ2) is 3.85. The molecule has 0 aliphatic rings. The first-order chi connectivity index (χ1) is 8.22. The highest BCUT2D eigenvalue weighted by atomic mass is 79.9. The van der Waals surface area contributed by atoms with Crippen molar-refractivity contribution in [1.82, 2.24) is 24.4 Å². The zero-order valence-corrected chi connectivity index (χ0v) is 10.6. The third-order valence-corrected chi connectivity index (χ3v) is 2.89. The summed E-state index contributed by atoms with van der Waals surface area (Å²) in [5, 5.41) is 11.5. The minimum Gasteiger partial charge on any atom is -0.306 e. The SMILES string of the molecule is Cn1ccc(Nc2nc3c(Br)cccn3n2)n1.